The van der Waals surface area contributed by atoms with E-state index in [1.165, 1.54) is 0 Å². The van der Waals surface area contributed by atoms with Crippen molar-refractivity contribution >= 4 is 5.91 Å². The third-order valence-electron chi connectivity index (χ3n) is 2.60. The zero-order valence-electron chi connectivity index (χ0n) is 7.86. The average Bonchev–Trinajstić information content (AvgIpc) is 2.65. The van der Waals surface area contributed by atoms with Gasteiger partial charge in [-0.2, -0.15) is 0 Å². The number of hydrogen-bond acceptors (Lipinski definition) is 2. The highest BCUT2D eigenvalue weighted by Gasteiger charge is 2.23. The van der Waals surface area contributed by atoms with E-state index in [1.807, 2.05) is 24.3 Å². The minimum absolute atomic E-state index is 0.0303. The summed E-state index contributed by atoms with van der Waals surface area (Å²) in [6.45, 7) is 0.0303. The number of carbonyl (C=O) groups is 1. The van der Waals surface area contributed by atoms with Crippen molar-refractivity contribution in [2.45, 2.75) is 25.5 Å². The first-order valence-corrected chi connectivity index (χ1v) is 4.79. The van der Waals surface area contributed by atoms with E-state index in [9.17, 15) is 4.79 Å². The summed E-state index contributed by atoms with van der Waals surface area (Å²) < 4.78 is 0. The predicted octanol–water partition coefficient (Wildman–Crippen LogP) is 1.13. The van der Waals surface area contributed by atoms with E-state index >= 15 is 0 Å². The topological polar surface area (TPSA) is 49.3 Å². The lowest BCUT2D eigenvalue weighted by molar-refractivity contribution is -0.119. The van der Waals surface area contributed by atoms with Gasteiger partial charge in [0.1, 0.15) is 0 Å². The fourth-order valence-corrected chi connectivity index (χ4v) is 1.87. The summed E-state index contributed by atoms with van der Waals surface area (Å²) in [7, 11) is 0. The molecule has 1 saturated heterocycles. The first-order valence-electron chi connectivity index (χ1n) is 4.79. The van der Waals surface area contributed by atoms with Gasteiger partial charge in [-0.25, -0.2) is 0 Å². The number of benzene rings is 1. The number of amides is 1. The molecule has 1 heterocycles. The Morgan fingerprint density at radius 3 is 2.86 bits per heavy atom. The molecule has 1 aliphatic rings. The lowest BCUT2D eigenvalue weighted by Gasteiger charge is -2.13. The number of aliphatic hydroxyl groups excluding tert-OH is 1. The molecular weight excluding hydrogens is 178 g/mol. The van der Waals surface area contributed by atoms with Crippen molar-refractivity contribution < 1.29 is 9.90 Å². The van der Waals surface area contributed by atoms with Crippen molar-refractivity contribution in [2.24, 2.45) is 0 Å². The van der Waals surface area contributed by atoms with Crippen LogP contribution in [0.2, 0.25) is 0 Å². The Morgan fingerprint density at radius 2 is 2.21 bits per heavy atom. The highest BCUT2D eigenvalue weighted by Crippen LogP contribution is 2.26. The van der Waals surface area contributed by atoms with Gasteiger partial charge < -0.3 is 10.4 Å². The summed E-state index contributed by atoms with van der Waals surface area (Å²) in [4.78, 5) is 11.1. The molecule has 2 N–H and O–H groups in total. The summed E-state index contributed by atoms with van der Waals surface area (Å²) in [5, 5.41) is 12.0. The molecule has 2 rings (SSSR count). The SMILES string of the molecule is O=C1CCC(c2ccccc2CO)N1. The van der Waals surface area contributed by atoms with Crippen LogP contribution in [0.4, 0.5) is 0 Å². The van der Waals surface area contributed by atoms with E-state index in [0.717, 1.165) is 17.5 Å². The van der Waals surface area contributed by atoms with Gasteiger partial charge in [0.25, 0.3) is 0 Å². The van der Waals surface area contributed by atoms with E-state index in [4.69, 9.17) is 5.11 Å². The number of rotatable bonds is 2. The van der Waals surface area contributed by atoms with Crippen LogP contribution in [0.5, 0.6) is 0 Å². The Hall–Kier alpha value is -1.35. The Kier molecular flexibility index (Phi) is 2.50. The first kappa shape index (κ1) is 9.21. The lowest BCUT2D eigenvalue weighted by Crippen LogP contribution is -2.19. The highest BCUT2D eigenvalue weighted by molar-refractivity contribution is 5.78. The maximum Gasteiger partial charge on any atom is 0.220 e. The van der Waals surface area contributed by atoms with Crippen LogP contribution >= 0.6 is 0 Å². The Bertz CT molecular complexity index is 349. The molecule has 0 saturated carbocycles. The molecular formula is C11H13NO2. The van der Waals surface area contributed by atoms with Crippen molar-refractivity contribution in [2.75, 3.05) is 0 Å². The minimum Gasteiger partial charge on any atom is -0.392 e. The maximum absolute atomic E-state index is 11.1. The van der Waals surface area contributed by atoms with Crippen LogP contribution in [0.1, 0.15) is 30.0 Å². The molecule has 3 heteroatoms. The van der Waals surface area contributed by atoms with E-state index in [-0.39, 0.29) is 18.6 Å². The second kappa shape index (κ2) is 3.80. The van der Waals surface area contributed by atoms with Crippen LogP contribution in [0.25, 0.3) is 0 Å². The first-order chi connectivity index (χ1) is 6.81. The van der Waals surface area contributed by atoms with Gasteiger partial charge in [-0.1, -0.05) is 24.3 Å². The van der Waals surface area contributed by atoms with E-state index in [2.05, 4.69) is 5.32 Å². The van der Waals surface area contributed by atoms with Crippen LogP contribution in [-0.4, -0.2) is 11.0 Å². The molecule has 0 radical (unpaired) electrons. The fraction of sp³-hybridized carbons (Fsp3) is 0.364. The van der Waals surface area contributed by atoms with Crippen molar-refractivity contribution in [3.63, 3.8) is 0 Å². The number of nitrogens with one attached hydrogen (secondary N) is 1. The molecule has 1 fully saturated rings. The quantitative estimate of drug-likeness (QED) is 0.736. The normalized spacial score (nSPS) is 20.9. The minimum atomic E-state index is 0.0303. The Balaban J connectivity index is 2.27. The molecule has 1 atom stereocenters. The number of aliphatic hydroxyl groups is 1. The van der Waals surface area contributed by atoms with Crippen LogP contribution < -0.4 is 5.32 Å². The molecule has 14 heavy (non-hydrogen) atoms. The monoisotopic (exact) mass is 191 g/mol. The molecule has 3 nitrogen and oxygen atoms in total. The second-order valence-corrected chi connectivity index (χ2v) is 3.52. The van der Waals surface area contributed by atoms with E-state index in [0.29, 0.717) is 6.42 Å². The zero-order valence-corrected chi connectivity index (χ0v) is 7.86. The molecule has 74 valence electrons. The summed E-state index contributed by atoms with van der Waals surface area (Å²) in [6, 6.07) is 7.76. The van der Waals surface area contributed by atoms with Crippen LogP contribution in [-0.2, 0) is 11.4 Å². The summed E-state index contributed by atoms with van der Waals surface area (Å²) in [5.41, 5.74) is 1.94. The van der Waals surface area contributed by atoms with Crippen molar-refractivity contribution in [3.05, 3.63) is 35.4 Å². The van der Waals surface area contributed by atoms with Gasteiger partial charge in [0.2, 0.25) is 5.91 Å². The van der Waals surface area contributed by atoms with E-state index in [1.54, 1.807) is 0 Å². The summed E-state index contributed by atoms with van der Waals surface area (Å²) >= 11 is 0. The van der Waals surface area contributed by atoms with Crippen molar-refractivity contribution in [1.29, 1.82) is 0 Å². The molecule has 1 unspecified atom stereocenters. The lowest BCUT2D eigenvalue weighted by atomic mass is 10.00. The van der Waals surface area contributed by atoms with Crippen molar-refractivity contribution in [3.8, 4) is 0 Å². The van der Waals surface area contributed by atoms with E-state index < -0.39 is 0 Å². The smallest absolute Gasteiger partial charge is 0.220 e. The van der Waals surface area contributed by atoms with Crippen LogP contribution in [0, 0.1) is 0 Å². The standard InChI is InChI=1S/C11H13NO2/c13-7-8-3-1-2-4-9(8)10-5-6-11(14)12-10/h1-4,10,13H,5-7H2,(H,12,14). The van der Waals surface area contributed by atoms with Crippen LogP contribution in [0.3, 0.4) is 0 Å². The summed E-state index contributed by atoms with van der Waals surface area (Å²) in [5.74, 6) is 0.0998. The fourth-order valence-electron chi connectivity index (χ4n) is 1.87. The van der Waals surface area contributed by atoms with Crippen LogP contribution in [0.15, 0.2) is 24.3 Å². The number of carbonyl (C=O) groups excluding carboxylic acids is 1. The molecule has 1 aromatic rings. The second-order valence-electron chi connectivity index (χ2n) is 3.52. The molecule has 1 aromatic carbocycles. The van der Waals surface area contributed by atoms with Gasteiger partial charge in [0.15, 0.2) is 0 Å². The third kappa shape index (κ3) is 1.63. The highest BCUT2D eigenvalue weighted by atomic mass is 16.3. The van der Waals surface area contributed by atoms with Gasteiger partial charge in [-0.05, 0) is 17.5 Å². The Morgan fingerprint density at radius 1 is 1.43 bits per heavy atom. The molecule has 0 aliphatic carbocycles. The van der Waals surface area contributed by atoms with Gasteiger partial charge >= 0.3 is 0 Å². The van der Waals surface area contributed by atoms with Crippen molar-refractivity contribution in [1.82, 2.24) is 5.32 Å². The van der Waals surface area contributed by atoms with Gasteiger partial charge in [-0.3, -0.25) is 4.79 Å². The number of hydrogen-bond donors (Lipinski definition) is 2. The van der Waals surface area contributed by atoms with Gasteiger partial charge in [0.05, 0.1) is 12.6 Å². The Labute approximate surface area is 82.8 Å². The van der Waals surface area contributed by atoms with Gasteiger partial charge in [-0.15, -0.1) is 0 Å². The predicted molar refractivity (Wildman–Crippen MR) is 52.5 cm³/mol. The average molecular weight is 191 g/mol. The molecule has 0 spiro atoms. The molecule has 1 aliphatic heterocycles. The molecule has 0 aromatic heterocycles. The molecule has 1 amide bonds. The summed E-state index contributed by atoms with van der Waals surface area (Å²) in [6.07, 6.45) is 1.42. The maximum atomic E-state index is 11.1. The van der Waals surface area contributed by atoms with Gasteiger partial charge in [0, 0.05) is 6.42 Å². The third-order valence-corrected chi connectivity index (χ3v) is 2.60. The largest absolute Gasteiger partial charge is 0.392 e. The molecule has 0 bridgehead atoms. The zero-order chi connectivity index (χ0) is 9.97.